The monoisotopic (exact) mass is 372 g/mol. The van der Waals surface area contributed by atoms with Crippen molar-refractivity contribution < 1.29 is 29.6 Å². The molecule has 2 aliphatic heterocycles. The van der Waals surface area contributed by atoms with Crippen LogP contribution in [0.1, 0.15) is 12.8 Å². The maximum atomic E-state index is 12.9. The fraction of sp³-hybridized carbons (Fsp3) is 0.400. The number of rotatable bonds is 4. The van der Waals surface area contributed by atoms with Gasteiger partial charge in [-0.2, -0.15) is 0 Å². The van der Waals surface area contributed by atoms with Crippen LogP contribution >= 0.6 is 19.0 Å². The van der Waals surface area contributed by atoms with E-state index in [1.165, 1.54) is 0 Å². The first kappa shape index (κ1) is 17.3. The molecule has 3 rings (SSSR count). The van der Waals surface area contributed by atoms with Crippen LogP contribution in [0.5, 0.6) is 0 Å². The molecule has 4 atom stereocenters. The lowest BCUT2D eigenvalue weighted by atomic mass is 10.2. The van der Waals surface area contributed by atoms with Crippen LogP contribution in [0.3, 0.4) is 0 Å². The first-order valence-corrected chi connectivity index (χ1v) is 9.70. The molecule has 0 aromatic heterocycles. The van der Waals surface area contributed by atoms with Crippen molar-refractivity contribution in [1.82, 2.24) is 0 Å². The van der Waals surface area contributed by atoms with E-state index in [0.717, 1.165) is 0 Å². The molecule has 9 heteroatoms. The van der Waals surface area contributed by atoms with E-state index >= 15 is 0 Å². The molecule has 1 saturated heterocycles. The number of hydrogen-bond donors (Lipinski definition) is 3. The lowest BCUT2D eigenvalue weighted by molar-refractivity contribution is -0.150. The summed E-state index contributed by atoms with van der Waals surface area (Å²) >= 11 is 6.26. The van der Waals surface area contributed by atoms with Gasteiger partial charge < -0.3 is 20.1 Å². The van der Waals surface area contributed by atoms with Gasteiger partial charge in [-0.25, -0.2) is 9.59 Å². The fourth-order valence-electron chi connectivity index (χ4n) is 2.97. The second-order valence-corrected chi connectivity index (χ2v) is 9.21. The molecule has 3 N–H and O–H groups in total. The zero-order valence-electron chi connectivity index (χ0n) is 12.5. The van der Waals surface area contributed by atoms with Crippen molar-refractivity contribution in [2.24, 2.45) is 4.76 Å². The molecule has 2 bridgehead atoms. The highest BCUT2D eigenvalue weighted by Gasteiger charge is 2.61. The number of fused-ring (bicyclic) bond motifs is 2. The topological polar surface area (TPSA) is 116 Å². The Kier molecular flexibility index (Phi) is 4.62. The van der Waals surface area contributed by atoms with Gasteiger partial charge in [-0.15, -0.1) is 0 Å². The van der Waals surface area contributed by atoms with E-state index in [9.17, 15) is 19.8 Å². The number of nitrogens with zero attached hydrogens (tertiary/aromatic N) is 1. The van der Waals surface area contributed by atoms with Gasteiger partial charge in [0.1, 0.15) is 5.30 Å². The average molecular weight is 373 g/mol. The van der Waals surface area contributed by atoms with Crippen molar-refractivity contribution in [2.75, 3.05) is 6.16 Å². The summed E-state index contributed by atoms with van der Waals surface area (Å²) in [6, 6.07) is 6.88. The first-order chi connectivity index (χ1) is 11.4. The minimum atomic E-state index is -2.77. The van der Waals surface area contributed by atoms with Crippen LogP contribution in [0, 0.1) is 0 Å². The van der Waals surface area contributed by atoms with Gasteiger partial charge in [0.2, 0.25) is 7.41 Å². The molecule has 24 heavy (non-hydrogen) atoms. The highest BCUT2D eigenvalue weighted by atomic mass is 35.5. The molecule has 0 saturated carbocycles. The van der Waals surface area contributed by atoms with Crippen LogP contribution in [-0.2, 0) is 14.3 Å². The van der Waals surface area contributed by atoms with Gasteiger partial charge >= 0.3 is 11.5 Å². The smallest absolute Gasteiger partial charge is 0.337 e. The quantitative estimate of drug-likeness (QED) is 0.674. The van der Waals surface area contributed by atoms with Gasteiger partial charge in [0.15, 0.2) is 18.3 Å². The van der Waals surface area contributed by atoms with Crippen LogP contribution in [0.15, 0.2) is 29.0 Å². The summed E-state index contributed by atoms with van der Waals surface area (Å²) in [7, 11) is -2.77. The van der Waals surface area contributed by atoms with Crippen LogP contribution < -0.4 is 5.30 Å². The molecule has 1 aromatic rings. The van der Waals surface area contributed by atoms with Gasteiger partial charge in [-0.05, 0) is 25.0 Å². The maximum Gasteiger partial charge on any atom is 0.337 e. The highest BCUT2D eigenvalue weighted by molar-refractivity contribution is 7.96. The van der Waals surface area contributed by atoms with Crippen LogP contribution in [0.25, 0.3) is 0 Å². The van der Waals surface area contributed by atoms with Gasteiger partial charge in [0.05, 0.1) is 11.2 Å². The Hall–Kier alpha value is -1.53. The SMILES string of the molecule is O=C(O)C(O)C(O)C1=N[P+]2(c3ccccc3Cl)CCCC(O1)C2=O. The second kappa shape index (κ2) is 6.41. The van der Waals surface area contributed by atoms with Crippen LogP contribution in [0.2, 0.25) is 5.02 Å². The normalized spacial score (nSPS) is 28.5. The third-order valence-electron chi connectivity index (χ3n) is 4.18. The Bertz CT molecular complexity index is 726. The van der Waals surface area contributed by atoms with Crippen molar-refractivity contribution in [3.8, 4) is 0 Å². The molecule has 1 aromatic carbocycles. The Labute approximate surface area is 143 Å². The van der Waals surface area contributed by atoms with E-state index < -0.39 is 31.7 Å². The number of hydrogen-bond acceptors (Lipinski definition) is 6. The number of halogens is 1. The number of aliphatic hydroxyl groups excluding tert-OH is 2. The minimum Gasteiger partial charge on any atom is -0.479 e. The van der Waals surface area contributed by atoms with Crippen molar-refractivity contribution in [2.45, 2.75) is 31.2 Å². The number of aliphatic hydroxyl groups is 2. The summed E-state index contributed by atoms with van der Waals surface area (Å²) in [5, 5.41) is 29.5. The summed E-state index contributed by atoms with van der Waals surface area (Å²) in [4.78, 5) is 23.8. The van der Waals surface area contributed by atoms with Crippen LogP contribution in [-0.4, -0.2) is 57.2 Å². The Balaban J connectivity index is 2.11. The van der Waals surface area contributed by atoms with E-state index in [1.54, 1.807) is 24.3 Å². The summed E-state index contributed by atoms with van der Waals surface area (Å²) < 4.78 is 9.75. The molecule has 4 unspecified atom stereocenters. The number of ether oxygens (including phenoxy) is 1. The molecule has 1 fully saturated rings. The predicted octanol–water partition coefficient (Wildman–Crippen LogP) is 0.822. The number of carbonyl (C=O) groups excluding carboxylic acids is 1. The molecule has 128 valence electrons. The Morgan fingerprint density at radius 3 is 2.75 bits per heavy atom. The highest BCUT2D eigenvalue weighted by Crippen LogP contribution is 2.66. The number of carboxylic acids is 1. The second-order valence-electron chi connectivity index (χ2n) is 5.70. The molecule has 0 spiro atoms. The lowest BCUT2D eigenvalue weighted by Gasteiger charge is -2.35. The Morgan fingerprint density at radius 1 is 1.38 bits per heavy atom. The molecular weight excluding hydrogens is 357 g/mol. The number of carboxylic acid groups (broad SMARTS) is 1. The number of aliphatic carboxylic acids is 1. The average Bonchev–Trinajstić information content (AvgIpc) is 2.54. The van der Waals surface area contributed by atoms with E-state index in [0.29, 0.717) is 29.3 Å². The largest absolute Gasteiger partial charge is 0.479 e. The fourth-order valence-corrected chi connectivity index (χ4v) is 7.09. The predicted molar refractivity (Wildman–Crippen MR) is 89.1 cm³/mol. The third-order valence-corrected chi connectivity index (χ3v) is 8.34. The standard InChI is InChI=1S/C15H15ClNO6P/c16-8-4-1-2-6-10(8)24-7-3-5-9(15(24)22)23-13(17-24)11(18)12(19)14(20)21/h1-2,4,6,9,11-12,18-19H,3,5,7H2/p+1. The van der Waals surface area contributed by atoms with E-state index in [4.69, 9.17) is 21.4 Å². The number of carbonyl (C=O) groups is 2. The van der Waals surface area contributed by atoms with E-state index in [1.807, 2.05) is 0 Å². The maximum absolute atomic E-state index is 12.9. The molecule has 7 nitrogen and oxygen atoms in total. The van der Waals surface area contributed by atoms with Crippen molar-refractivity contribution in [3.05, 3.63) is 29.3 Å². The molecule has 0 amide bonds. The van der Waals surface area contributed by atoms with Crippen molar-refractivity contribution in [1.29, 1.82) is 0 Å². The molecule has 2 heterocycles. The molecule has 0 radical (unpaired) electrons. The van der Waals surface area contributed by atoms with Crippen molar-refractivity contribution >= 4 is 41.7 Å². The first-order valence-electron chi connectivity index (χ1n) is 7.40. The zero-order valence-corrected chi connectivity index (χ0v) is 14.2. The van der Waals surface area contributed by atoms with Crippen LogP contribution in [0.4, 0.5) is 0 Å². The van der Waals surface area contributed by atoms with E-state index in [2.05, 4.69) is 4.76 Å². The molecular formula is C15H16ClNO6P+. The van der Waals surface area contributed by atoms with Gasteiger partial charge in [-0.1, -0.05) is 28.5 Å². The molecule has 2 aliphatic rings. The van der Waals surface area contributed by atoms with Gasteiger partial charge in [0, 0.05) is 0 Å². The summed E-state index contributed by atoms with van der Waals surface area (Å²) in [6.07, 6.45) is -3.06. The third kappa shape index (κ3) is 2.71. The van der Waals surface area contributed by atoms with Crippen molar-refractivity contribution in [3.63, 3.8) is 0 Å². The lowest BCUT2D eigenvalue weighted by Crippen LogP contribution is -2.48. The summed E-state index contributed by atoms with van der Waals surface area (Å²) in [5.41, 5.74) is -0.164. The molecule has 0 aliphatic carbocycles. The Morgan fingerprint density at radius 2 is 2.08 bits per heavy atom. The van der Waals surface area contributed by atoms with Gasteiger partial charge in [-0.3, -0.25) is 0 Å². The number of benzene rings is 1. The zero-order chi connectivity index (χ0) is 17.5. The summed E-state index contributed by atoms with van der Waals surface area (Å²) in [6.45, 7) is 0. The van der Waals surface area contributed by atoms with E-state index in [-0.39, 0.29) is 11.4 Å². The summed E-state index contributed by atoms with van der Waals surface area (Å²) in [5.74, 6) is -1.90. The van der Waals surface area contributed by atoms with Gasteiger partial charge in [0.25, 0.3) is 5.90 Å². The minimum absolute atomic E-state index is 0.164.